The number of unbranched alkanes of at least 4 members (excludes halogenated alkanes) is 2. The zero-order chi connectivity index (χ0) is 15.5. The summed E-state index contributed by atoms with van der Waals surface area (Å²) < 4.78 is 5.04. The van der Waals surface area contributed by atoms with Crippen molar-refractivity contribution in [3.63, 3.8) is 0 Å². The zero-order valence-electron chi connectivity index (χ0n) is 13.6. The number of guanidine groups is 1. The van der Waals surface area contributed by atoms with E-state index in [1.165, 1.54) is 0 Å². The average molecular weight is 440 g/mol. The second-order valence-electron chi connectivity index (χ2n) is 4.97. The number of aliphatic imine (C=N–C) groups is 1. The monoisotopic (exact) mass is 439 g/mol. The topological polar surface area (TPSA) is 36.9 Å². The van der Waals surface area contributed by atoms with Crippen molar-refractivity contribution in [3.8, 4) is 0 Å². The molecule has 0 saturated heterocycles. The summed E-state index contributed by atoms with van der Waals surface area (Å²) in [6, 6.07) is 7.90. The van der Waals surface area contributed by atoms with Crippen LogP contribution in [0.1, 0.15) is 24.8 Å². The molecule has 0 saturated carbocycles. The molecule has 1 rings (SSSR count). The fourth-order valence-electron chi connectivity index (χ4n) is 2.09. The lowest BCUT2D eigenvalue weighted by atomic mass is 10.2. The maximum atomic E-state index is 6.19. The summed E-state index contributed by atoms with van der Waals surface area (Å²) in [6.07, 6.45) is 3.38. The van der Waals surface area contributed by atoms with E-state index >= 15 is 0 Å². The third-order valence-electron chi connectivity index (χ3n) is 3.25. The lowest BCUT2D eigenvalue weighted by Crippen LogP contribution is -2.38. The van der Waals surface area contributed by atoms with Gasteiger partial charge in [0.1, 0.15) is 0 Å². The molecule has 0 spiro atoms. The number of benzene rings is 1. The first-order valence-corrected chi connectivity index (χ1v) is 7.71. The van der Waals surface area contributed by atoms with Gasteiger partial charge in [0.2, 0.25) is 0 Å². The highest BCUT2D eigenvalue weighted by atomic mass is 127. The van der Waals surface area contributed by atoms with E-state index in [0.717, 1.165) is 55.5 Å². The highest BCUT2D eigenvalue weighted by Gasteiger charge is 2.08. The molecule has 0 unspecified atom stereocenters. The molecule has 0 amide bonds. The fraction of sp³-hybridized carbons (Fsp3) is 0.562. The maximum Gasteiger partial charge on any atom is 0.193 e. The van der Waals surface area contributed by atoms with Crippen LogP contribution in [0, 0.1) is 0 Å². The molecule has 0 aromatic heterocycles. The summed E-state index contributed by atoms with van der Waals surface area (Å²) >= 11 is 6.19. The molecule has 0 aliphatic carbocycles. The van der Waals surface area contributed by atoms with E-state index in [9.17, 15) is 0 Å². The van der Waals surface area contributed by atoms with Crippen molar-refractivity contribution in [2.24, 2.45) is 4.99 Å². The van der Waals surface area contributed by atoms with Gasteiger partial charge in [0.15, 0.2) is 5.96 Å². The number of nitrogens with one attached hydrogen (secondary N) is 1. The third kappa shape index (κ3) is 8.19. The predicted molar refractivity (Wildman–Crippen MR) is 105 cm³/mol. The maximum absolute atomic E-state index is 6.19. The van der Waals surface area contributed by atoms with Crippen molar-refractivity contribution in [3.05, 3.63) is 34.9 Å². The molecule has 0 heterocycles. The molecule has 0 bridgehead atoms. The van der Waals surface area contributed by atoms with Crippen molar-refractivity contribution in [2.75, 3.05) is 34.4 Å². The molecule has 0 aliphatic rings. The molecular formula is C16H27ClIN3O. The Balaban J connectivity index is 0.00000441. The summed E-state index contributed by atoms with van der Waals surface area (Å²) in [5.74, 6) is 0.890. The normalized spacial score (nSPS) is 11.0. The summed E-state index contributed by atoms with van der Waals surface area (Å²) in [5.41, 5.74) is 1.10. The van der Waals surface area contributed by atoms with Crippen molar-refractivity contribution in [2.45, 2.75) is 25.8 Å². The van der Waals surface area contributed by atoms with Crippen LogP contribution in [0.15, 0.2) is 29.3 Å². The number of methoxy groups -OCH3 is 1. The molecule has 0 radical (unpaired) electrons. The quantitative estimate of drug-likeness (QED) is 0.290. The molecule has 1 aromatic carbocycles. The van der Waals surface area contributed by atoms with Crippen LogP contribution in [-0.4, -0.2) is 45.2 Å². The molecule has 1 N–H and O–H groups in total. The van der Waals surface area contributed by atoms with Crippen molar-refractivity contribution < 1.29 is 4.74 Å². The van der Waals surface area contributed by atoms with Gasteiger partial charge in [0.05, 0.1) is 0 Å². The fourth-order valence-corrected chi connectivity index (χ4v) is 2.29. The Morgan fingerprint density at radius 3 is 2.64 bits per heavy atom. The Labute approximate surface area is 156 Å². The van der Waals surface area contributed by atoms with Gasteiger partial charge in [0.25, 0.3) is 0 Å². The summed E-state index contributed by atoms with van der Waals surface area (Å²) in [6.45, 7) is 2.49. The molecule has 126 valence electrons. The van der Waals surface area contributed by atoms with Crippen LogP contribution in [-0.2, 0) is 11.3 Å². The molecule has 6 heteroatoms. The number of nitrogens with zero attached hydrogens (tertiary/aromatic N) is 2. The Hall–Kier alpha value is -0.530. The van der Waals surface area contributed by atoms with Crippen LogP contribution in [0.4, 0.5) is 0 Å². The largest absolute Gasteiger partial charge is 0.385 e. The van der Waals surface area contributed by atoms with Gasteiger partial charge >= 0.3 is 0 Å². The Morgan fingerprint density at radius 1 is 1.27 bits per heavy atom. The Kier molecular flexibility index (Phi) is 12.6. The van der Waals surface area contributed by atoms with Gasteiger partial charge in [-0.3, -0.25) is 4.99 Å². The first-order chi connectivity index (χ1) is 10.2. The smallest absolute Gasteiger partial charge is 0.193 e. The van der Waals surface area contributed by atoms with Crippen molar-refractivity contribution in [1.29, 1.82) is 0 Å². The summed E-state index contributed by atoms with van der Waals surface area (Å²) in [5, 5.41) is 4.17. The van der Waals surface area contributed by atoms with Crippen LogP contribution in [0.25, 0.3) is 0 Å². The SMILES string of the molecule is CN=C(NCCCCCOC)N(C)Cc1ccccc1Cl.I. The third-order valence-corrected chi connectivity index (χ3v) is 3.62. The number of rotatable bonds is 8. The van der Waals surface area contributed by atoms with E-state index in [2.05, 4.69) is 15.2 Å². The Bertz CT molecular complexity index is 443. The first-order valence-electron chi connectivity index (χ1n) is 7.33. The van der Waals surface area contributed by atoms with Gasteiger partial charge in [-0.2, -0.15) is 0 Å². The van der Waals surface area contributed by atoms with Gasteiger partial charge in [-0.1, -0.05) is 29.8 Å². The Morgan fingerprint density at radius 2 is 2.00 bits per heavy atom. The van der Waals surface area contributed by atoms with E-state index in [1.54, 1.807) is 14.2 Å². The lowest BCUT2D eigenvalue weighted by molar-refractivity contribution is 0.192. The number of hydrogen-bond donors (Lipinski definition) is 1. The number of halogens is 2. The first kappa shape index (κ1) is 21.5. The van der Waals surface area contributed by atoms with Crippen LogP contribution in [0.2, 0.25) is 5.02 Å². The molecule has 4 nitrogen and oxygen atoms in total. The van der Waals surface area contributed by atoms with Gasteiger partial charge in [-0.05, 0) is 30.9 Å². The minimum absolute atomic E-state index is 0. The molecule has 0 aliphatic heterocycles. The molecule has 0 fully saturated rings. The lowest BCUT2D eigenvalue weighted by Gasteiger charge is -2.22. The highest BCUT2D eigenvalue weighted by Crippen LogP contribution is 2.16. The van der Waals surface area contributed by atoms with Crippen molar-refractivity contribution >= 4 is 41.5 Å². The van der Waals surface area contributed by atoms with E-state index < -0.39 is 0 Å². The minimum atomic E-state index is 0. The van der Waals surface area contributed by atoms with Crippen molar-refractivity contribution in [1.82, 2.24) is 10.2 Å². The number of ether oxygens (including phenoxy) is 1. The van der Waals surface area contributed by atoms with Crippen LogP contribution >= 0.6 is 35.6 Å². The highest BCUT2D eigenvalue weighted by molar-refractivity contribution is 14.0. The number of hydrogen-bond acceptors (Lipinski definition) is 2. The second kappa shape index (κ2) is 13.0. The van der Waals surface area contributed by atoms with E-state index in [0.29, 0.717) is 0 Å². The molecule has 0 atom stereocenters. The second-order valence-corrected chi connectivity index (χ2v) is 5.38. The van der Waals surface area contributed by atoms with Crippen LogP contribution in [0.3, 0.4) is 0 Å². The van der Waals surface area contributed by atoms with E-state index in [4.69, 9.17) is 16.3 Å². The van der Waals surface area contributed by atoms with Gasteiger partial charge in [-0.25, -0.2) is 0 Å². The summed E-state index contributed by atoms with van der Waals surface area (Å²) in [7, 11) is 5.56. The molecule has 22 heavy (non-hydrogen) atoms. The molecule has 1 aromatic rings. The van der Waals surface area contributed by atoms with Crippen LogP contribution < -0.4 is 5.32 Å². The van der Waals surface area contributed by atoms with Gasteiger partial charge < -0.3 is 15.0 Å². The van der Waals surface area contributed by atoms with E-state index in [1.807, 2.05) is 31.3 Å². The molecular weight excluding hydrogens is 413 g/mol. The predicted octanol–water partition coefficient (Wildman–Crippen LogP) is 3.78. The standard InChI is InChI=1S/C16H26ClN3O.HI/c1-18-16(19-11-7-4-8-12-21-3)20(2)13-14-9-5-6-10-15(14)17;/h5-6,9-10H,4,7-8,11-13H2,1-3H3,(H,18,19);1H. The summed E-state index contributed by atoms with van der Waals surface area (Å²) in [4.78, 5) is 6.39. The van der Waals surface area contributed by atoms with E-state index in [-0.39, 0.29) is 24.0 Å². The average Bonchev–Trinajstić information content (AvgIpc) is 2.49. The van der Waals surface area contributed by atoms with Crippen LogP contribution in [0.5, 0.6) is 0 Å². The van der Waals surface area contributed by atoms with Gasteiger partial charge in [-0.15, -0.1) is 24.0 Å². The minimum Gasteiger partial charge on any atom is -0.385 e. The zero-order valence-corrected chi connectivity index (χ0v) is 16.7. The van der Waals surface area contributed by atoms with Gasteiger partial charge in [0, 0.05) is 45.9 Å².